The first-order chi connectivity index (χ1) is 8.66. The molecule has 1 N–H and O–H groups in total. The van der Waals surface area contributed by atoms with Crippen LogP contribution in [0.5, 0.6) is 0 Å². The van der Waals surface area contributed by atoms with Crippen LogP contribution in [0.15, 0.2) is 0 Å². The summed E-state index contributed by atoms with van der Waals surface area (Å²) >= 11 is 0. The fourth-order valence-electron chi connectivity index (χ4n) is 3.01. The van der Waals surface area contributed by atoms with Gasteiger partial charge in [-0.1, -0.05) is 20.3 Å². The topological polar surface area (TPSA) is 35.6 Å². The predicted octanol–water partition coefficient (Wildman–Crippen LogP) is 1.07. The highest BCUT2D eigenvalue weighted by Gasteiger charge is 2.30. The van der Waals surface area contributed by atoms with E-state index in [1.165, 1.54) is 25.8 Å². The lowest BCUT2D eigenvalue weighted by atomic mass is 9.99. The molecule has 4 heteroatoms. The molecule has 2 aliphatic heterocycles. The average molecular weight is 253 g/mol. The number of nitrogens with zero attached hydrogens (tertiary/aromatic N) is 2. The van der Waals surface area contributed by atoms with Crippen molar-refractivity contribution < 1.29 is 4.79 Å². The van der Waals surface area contributed by atoms with E-state index in [2.05, 4.69) is 29.0 Å². The van der Waals surface area contributed by atoms with Crippen LogP contribution >= 0.6 is 0 Å². The van der Waals surface area contributed by atoms with E-state index in [1.807, 2.05) is 0 Å². The van der Waals surface area contributed by atoms with Gasteiger partial charge >= 0.3 is 0 Å². The van der Waals surface area contributed by atoms with Crippen LogP contribution < -0.4 is 5.32 Å². The lowest BCUT2D eigenvalue weighted by Gasteiger charge is -2.44. The summed E-state index contributed by atoms with van der Waals surface area (Å²) in [4.78, 5) is 16.8. The van der Waals surface area contributed by atoms with Crippen LogP contribution in [-0.4, -0.2) is 60.5 Å². The second-order valence-electron chi connectivity index (χ2n) is 5.88. The van der Waals surface area contributed by atoms with Crippen molar-refractivity contribution in [2.75, 3.05) is 32.7 Å². The molecule has 2 saturated heterocycles. The Morgan fingerprint density at radius 3 is 2.89 bits per heavy atom. The molecule has 0 saturated carbocycles. The Balaban J connectivity index is 1.74. The molecule has 0 spiro atoms. The van der Waals surface area contributed by atoms with Gasteiger partial charge < -0.3 is 10.2 Å². The summed E-state index contributed by atoms with van der Waals surface area (Å²) in [6, 6.07) is 1.10. The largest absolute Gasteiger partial charge is 0.340 e. The second kappa shape index (κ2) is 6.53. The summed E-state index contributed by atoms with van der Waals surface area (Å²) in [6.45, 7) is 9.24. The Kier molecular flexibility index (Phi) is 5.01. The van der Waals surface area contributed by atoms with Crippen molar-refractivity contribution in [3.05, 3.63) is 0 Å². The van der Waals surface area contributed by atoms with Crippen molar-refractivity contribution in [2.24, 2.45) is 0 Å². The number of piperidine rings is 1. The SMILES string of the molecule is CC(C)NCCC(=O)N1CCN2CCCCC2C1. The third kappa shape index (κ3) is 3.69. The van der Waals surface area contributed by atoms with Crippen molar-refractivity contribution in [3.8, 4) is 0 Å². The Labute approximate surface area is 111 Å². The van der Waals surface area contributed by atoms with Crippen LogP contribution in [0.2, 0.25) is 0 Å². The minimum absolute atomic E-state index is 0.327. The molecule has 2 fully saturated rings. The number of carbonyl (C=O) groups excluding carboxylic acids is 1. The van der Waals surface area contributed by atoms with Gasteiger partial charge in [0.25, 0.3) is 0 Å². The number of hydrogen-bond donors (Lipinski definition) is 1. The van der Waals surface area contributed by atoms with Gasteiger partial charge in [-0.2, -0.15) is 0 Å². The van der Waals surface area contributed by atoms with Crippen LogP contribution in [0.25, 0.3) is 0 Å². The van der Waals surface area contributed by atoms with Gasteiger partial charge in [0, 0.05) is 44.7 Å². The molecule has 4 nitrogen and oxygen atoms in total. The van der Waals surface area contributed by atoms with Gasteiger partial charge in [-0.05, 0) is 19.4 Å². The quantitative estimate of drug-likeness (QED) is 0.814. The Morgan fingerprint density at radius 2 is 2.11 bits per heavy atom. The van der Waals surface area contributed by atoms with E-state index >= 15 is 0 Å². The molecule has 104 valence electrons. The van der Waals surface area contributed by atoms with E-state index in [1.54, 1.807) is 0 Å². The minimum Gasteiger partial charge on any atom is -0.340 e. The van der Waals surface area contributed by atoms with Gasteiger partial charge in [-0.3, -0.25) is 9.69 Å². The van der Waals surface area contributed by atoms with E-state index in [-0.39, 0.29) is 0 Å². The molecule has 0 aromatic heterocycles. The molecule has 1 atom stereocenters. The van der Waals surface area contributed by atoms with Crippen molar-refractivity contribution in [1.82, 2.24) is 15.1 Å². The van der Waals surface area contributed by atoms with E-state index in [0.29, 0.717) is 24.4 Å². The maximum Gasteiger partial charge on any atom is 0.223 e. The first-order valence-corrected chi connectivity index (χ1v) is 7.42. The standard InChI is InChI=1S/C14H27N3O/c1-12(2)15-7-6-14(18)17-10-9-16-8-4-3-5-13(16)11-17/h12-13,15H,3-11H2,1-2H3. The van der Waals surface area contributed by atoms with Crippen molar-refractivity contribution in [1.29, 1.82) is 0 Å². The van der Waals surface area contributed by atoms with Crippen molar-refractivity contribution in [2.45, 2.75) is 51.6 Å². The summed E-state index contributed by atoms with van der Waals surface area (Å²) in [5, 5.41) is 3.31. The first-order valence-electron chi connectivity index (χ1n) is 7.42. The maximum atomic E-state index is 12.1. The Hall–Kier alpha value is -0.610. The number of hydrogen-bond acceptors (Lipinski definition) is 3. The summed E-state index contributed by atoms with van der Waals surface area (Å²) in [5.74, 6) is 0.327. The van der Waals surface area contributed by atoms with Crippen molar-refractivity contribution >= 4 is 5.91 Å². The van der Waals surface area contributed by atoms with Gasteiger partial charge in [0.2, 0.25) is 5.91 Å². The maximum absolute atomic E-state index is 12.1. The highest BCUT2D eigenvalue weighted by Crippen LogP contribution is 2.21. The summed E-state index contributed by atoms with van der Waals surface area (Å²) in [7, 11) is 0. The Morgan fingerprint density at radius 1 is 1.28 bits per heavy atom. The summed E-state index contributed by atoms with van der Waals surface area (Å²) < 4.78 is 0. The van der Waals surface area contributed by atoms with Gasteiger partial charge in [0.15, 0.2) is 0 Å². The fraction of sp³-hybridized carbons (Fsp3) is 0.929. The van der Waals surface area contributed by atoms with Gasteiger partial charge in [-0.15, -0.1) is 0 Å². The third-order valence-corrected chi connectivity index (χ3v) is 4.08. The number of carbonyl (C=O) groups is 1. The van der Waals surface area contributed by atoms with E-state index in [4.69, 9.17) is 0 Å². The number of nitrogens with one attached hydrogen (secondary N) is 1. The summed E-state index contributed by atoms with van der Waals surface area (Å²) in [6.07, 6.45) is 4.58. The number of fused-ring (bicyclic) bond motifs is 1. The van der Waals surface area contributed by atoms with Crippen LogP contribution in [0.1, 0.15) is 39.5 Å². The lowest BCUT2D eigenvalue weighted by Crippen LogP contribution is -2.56. The predicted molar refractivity (Wildman–Crippen MR) is 73.5 cm³/mol. The van der Waals surface area contributed by atoms with Gasteiger partial charge in [-0.25, -0.2) is 0 Å². The van der Waals surface area contributed by atoms with E-state index in [9.17, 15) is 4.79 Å². The number of piperazine rings is 1. The van der Waals surface area contributed by atoms with E-state index < -0.39 is 0 Å². The molecule has 1 unspecified atom stereocenters. The summed E-state index contributed by atoms with van der Waals surface area (Å²) in [5.41, 5.74) is 0. The molecule has 0 aromatic rings. The molecular formula is C14H27N3O. The zero-order valence-electron chi connectivity index (χ0n) is 11.8. The lowest BCUT2D eigenvalue weighted by molar-refractivity contribution is -0.134. The monoisotopic (exact) mass is 253 g/mol. The molecule has 0 radical (unpaired) electrons. The van der Waals surface area contributed by atoms with Crippen LogP contribution in [0.4, 0.5) is 0 Å². The number of amides is 1. The molecule has 0 aromatic carbocycles. The Bertz CT molecular complexity index is 280. The van der Waals surface area contributed by atoms with Gasteiger partial charge in [0.05, 0.1) is 0 Å². The first kappa shape index (κ1) is 13.8. The molecule has 18 heavy (non-hydrogen) atoms. The van der Waals surface area contributed by atoms with Gasteiger partial charge in [0.1, 0.15) is 0 Å². The zero-order chi connectivity index (χ0) is 13.0. The highest BCUT2D eigenvalue weighted by molar-refractivity contribution is 5.76. The average Bonchev–Trinajstić information content (AvgIpc) is 2.37. The minimum atomic E-state index is 0.327. The third-order valence-electron chi connectivity index (χ3n) is 4.08. The molecule has 1 amide bonds. The molecule has 2 aliphatic rings. The smallest absolute Gasteiger partial charge is 0.223 e. The highest BCUT2D eigenvalue weighted by atomic mass is 16.2. The molecule has 0 aliphatic carbocycles. The van der Waals surface area contributed by atoms with E-state index in [0.717, 1.165) is 26.2 Å². The number of rotatable bonds is 4. The molecule has 2 heterocycles. The fourth-order valence-corrected chi connectivity index (χ4v) is 3.01. The second-order valence-corrected chi connectivity index (χ2v) is 5.88. The van der Waals surface area contributed by atoms with Crippen LogP contribution in [-0.2, 0) is 4.79 Å². The molecule has 2 rings (SSSR count). The zero-order valence-corrected chi connectivity index (χ0v) is 11.8. The normalized spacial score (nSPS) is 25.3. The molecule has 0 bridgehead atoms. The molecular weight excluding hydrogens is 226 g/mol. The van der Waals surface area contributed by atoms with Crippen molar-refractivity contribution in [3.63, 3.8) is 0 Å². The van der Waals surface area contributed by atoms with Crippen LogP contribution in [0, 0.1) is 0 Å². The van der Waals surface area contributed by atoms with Crippen LogP contribution in [0.3, 0.4) is 0 Å².